The fraction of sp³-hybridized carbons (Fsp3) is 0.440. The van der Waals surface area contributed by atoms with Gasteiger partial charge < -0.3 is 10.2 Å². The minimum absolute atomic E-state index is 0.00732. The molecule has 0 aromatic heterocycles. The molecule has 2 unspecified atom stereocenters. The van der Waals surface area contributed by atoms with Gasteiger partial charge in [-0.2, -0.15) is 13.2 Å². The molecule has 0 spiro atoms. The van der Waals surface area contributed by atoms with E-state index in [2.05, 4.69) is 5.32 Å². The topological polar surface area (TPSA) is 86.8 Å². The van der Waals surface area contributed by atoms with E-state index in [1.165, 1.54) is 11.8 Å². The molecule has 2 rings (SSSR count). The summed E-state index contributed by atoms with van der Waals surface area (Å²) in [6.45, 7) is 6.22. The standard InChI is InChI=1S/C25H31ClF3N3O4S/c1-6-17(3)30-24(34)18(4)31(14-19-10-8-7-9-16(19)2)23(33)15-32(37(5,35)36)20-11-12-22(26)21(13-20)25(27,28)29/h7-13,17-18H,6,14-15H2,1-5H3,(H,30,34). The van der Waals surface area contributed by atoms with E-state index in [1.807, 2.05) is 32.9 Å². The first kappa shape index (κ1) is 30.4. The van der Waals surface area contributed by atoms with Crippen molar-refractivity contribution in [2.24, 2.45) is 0 Å². The van der Waals surface area contributed by atoms with Gasteiger partial charge in [-0.15, -0.1) is 0 Å². The molecule has 0 aliphatic rings. The zero-order chi connectivity index (χ0) is 28.1. The average molecular weight is 562 g/mol. The number of nitrogens with one attached hydrogen (secondary N) is 1. The van der Waals surface area contributed by atoms with Crippen LogP contribution in [0.2, 0.25) is 5.02 Å². The number of alkyl halides is 3. The fourth-order valence-electron chi connectivity index (χ4n) is 3.52. The lowest BCUT2D eigenvalue weighted by Gasteiger charge is -2.32. The number of anilines is 1. The van der Waals surface area contributed by atoms with Gasteiger partial charge in [0.05, 0.1) is 22.5 Å². The van der Waals surface area contributed by atoms with Gasteiger partial charge in [-0.25, -0.2) is 8.42 Å². The largest absolute Gasteiger partial charge is 0.417 e. The highest BCUT2D eigenvalue weighted by molar-refractivity contribution is 7.92. The normalized spacial score (nSPS) is 13.5. The fourth-order valence-corrected chi connectivity index (χ4v) is 4.58. The maximum absolute atomic E-state index is 13.5. The van der Waals surface area contributed by atoms with Gasteiger partial charge in [-0.05, 0) is 56.5 Å². The predicted molar refractivity (Wildman–Crippen MR) is 138 cm³/mol. The molecular formula is C25H31ClF3N3O4S. The molecule has 12 heteroatoms. The second kappa shape index (κ2) is 12.2. The Morgan fingerprint density at radius 1 is 1.11 bits per heavy atom. The van der Waals surface area contributed by atoms with Crippen LogP contribution in [0.1, 0.15) is 43.9 Å². The second-order valence-electron chi connectivity index (χ2n) is 8.87. The number of sulfonamides is 1. The number of aryl methyl sites for hydroxylation is 1. The van der Waals surface area contributed by atoms with Crippen molar-refractivity contribution >= 4 is 39.1 Å². The number of carbonyl (C=O) groups excluding carboxylic acids is 2. The molecule has 2 aromatic carbocycles. The van der Waals surface area contributed by atoms with Crippen LogP contribution in [0, 0.1) is 6.92 Å². The minimum Gasteiger partial charge on any atom is -0.352 e. The zero-order valence-corrected chi connectivity index (χ0v) is 22.8. The first-order valence-electron chi connectivity index (χ1n) is 11.5. The summed E-state index contributed by atoms with van der Waals surface area (Å²) in [5.41, 5.74) is -0.0240. The molecule has 0 heterocycles. The summed E-state index contributed by atoms with van der Waals surface area (Å²) in [5.74, 6) is -1.20. The Morgan fingerprint density at radius 2 is 1.73 bits per heavy atom. The van der Waals surface area contributed by atoms with Crippen LogP contribution in [-0.4, -0.2) is 50.0 Å². The number of hydrogen-bond acceptors (Lipinski definition) is 4. The van der Waals surface area contributed by atoms with Gasteiger partial charge >= 0.3 is 6.18 Å². The van der Waals surface area contributed by atoms with E-state index in [1.54, 1.807) is 12.1 Å². The van der Waals surface area contributed by atoms with Crippen LogP contribution in [0.15, 0.2) is 42.5 Å². The Hall–Kier alpha value is -2.79. The number of halogens is 4. The Bertz CT molecular complexity index is 1240. The van der Waals surface area contributed by atoms with E-state index in [9.17, 15) is 31.2 Å². The molecule has 0 aliphatic carbocycles. The van der Waals surface area contributed by atoms with Gasteiger partial charge in [0.1, 0.15) is 12.6 Å². The maximum Gasteiger partial charge on any atom is 0.417 e. The lowest BCUT2D eigenvalue weighted by Crippen LogP contribution is -2.52. The van der Waals surface area contributed by atoms with Crippen molar-refractivity contribution in [1.82, 2.24) is 10.2 Å². The van der Waals surface area contributed by atoms with Crippen molar-refractivity contribution in [3.63, 3.8) is 0 Å². The molecule has 37 heavy (non-hydrogen) atoms. The molecule has 0 saturated carbocycles. The number of benzene rings is 2. The molecule has 0 aliphatic heterocycles. The molecule has 0 radical (unpaired) electrons. The third-order valence-electron chi connectivity index (χ3n) is 5.99. The van der Waals surface area contributed by atoms with Crippen molar-refractivity contribution in [1.29, 1.82) is 0 Å². The van der Waals surface area contributed by atoms with Crippen LogP contribution in [0.4, 0.5) is 18.9 Å². The molecule has 7 nitrogen and oxygen atoms in total. The Labute approximate surface area is 220 Å². The van der Waals surface area contributed by atoms with Crippen LogP contribution >= 0.6 is 11.6 Å². The van der Waals surface area contributed by atoms with E-state index in [4.69, 9.17) is 11.6 Å². The van der Waals surface area contributed by atoms with Gasteiger partial charge in [0.25, 0.3) is 0 Å². The Morgan fingerprint density at radius 3 is 2.27 bits per heavy atom. The number of hydrogen-bond donors (Lipinski definition) is 1. The van der Waals surface area contributed by atoms with Crippen LogP contribution in [0.25, 0.3) is 0 Å². The van der Waals surface area contributed by atoms with Crippen molar-refractivity contribution in [3.8, 4) is 0 Å². The van der Waals surface area contributed by atoms with Crippen LogP contribution in [-0.2, 0) is 32.3 Å². The molecule has 2 aromatic rings. The summed E-state index contributed by atoms with van der Waals surface area (Å²) < 4.78 is 66.0. The molecular weight excluding hydrogens is 531 g/mol. The first-order chi connectivity index (χ1) is 17.1. The summed E-state index contributed by atoms with van der Waals surface area (Å²) >= 11 is 5.68. The Kier molecular flexibility index (Phi) is 10.0. The number of amides is 2. The third kappa shape index (κ3) is 8.10. The van der Waals surface area contributed by atoms with Crippen LogP contribution in [0.5, 0.6) is 0 Å². The van der Waals surface area contributed by atoms with Crippen molar-refractivity contribution in [3.05, 3.63) is 64.2 Å². The van der Waals surface area contributed by atoms with Gasteiger partial charge in [0, 0.05) is 12.6 Å². The molecule has 204 valence electrons. The maximum atomic E-state index is 13.5. The van der Waals surface area contributed by atoms with E-state index < -0.39 is 51.2 Å². The van der Waals surface area contributed by atoms with Gasteiger partial charge in [0.2, 0.25) is 21.8 Å². The summed E-state index contributed by atoms with van der Waals surface area (Å²) in [5, 5.41) is 2.20. The van der Waals surface area contributed by atoms with E-state index in [0.29, 0.717) is 16.8 Å². The first-order valence-corrected chi connectivity index (χ1v) is 13.8. The molecule has 2 atom stereocenters. The van der Waals surface area contributed by atoms with Crippen molar-refractivity contribution in [2.75, 3.05) is 17.1 Å². The average Bonchev–Trinajstić information content (AvgIpc) is 2.80. The third-order valence-corrected chi connectivity index (χ3v) is 7.46. The quantitative estimate of drug-likeness (QED) is 0.453. The van der Waals surface area contributed by atoms with E-state index in [0.717, 1.165) is 29.5 Å². The molecule has 0 fully saturated rings. The monoisotopic (exact) mass is 561 g/mol. The highest BCUT2D eigenvalue weighted by atomic mass is 35.5. The zero-order valence-electron chi connectivity index (χ0n) is 21.3. The summed E-state index contributed by atoms with van der Waals surface area (Å²) in [7, 11) is -4.20. The van der Waals surface area contributed by atoms with Crippen LogP contribution in [0.3, 0.4) is 0 Å². The molecule has 0 bridgehead atoms. The number of rotatable bonds is 10. The van der Waals surface area contributed by atoms with Crippen molar-refractivity contribution < 1.29 is 31.2 Å². The Balaban J connectivity index is 2.49. The lowest BCUT2D eigenvalue weighted by molar-refractivity contribution is -0.139. The highest BCUT2D eigenvalue weighted by Crippen LogP contribution is 2.37. The number of nitrogens with zero attached hydrogens (tertiary/aromatic N) is 2. The SMILES string of the molecule is CCC(C)NC(=O)C(C)N(Cc1ccccc1C)C(=O)CN(c1ccc(Cl)c(C(F)(F)F)c1)S(C)(=O)=O. The second-order valence-corrected chi connectivity index (χ2v) is 11.2. The summed E-state index contributed by atoms with van der Waals surface area (Å²) in [4.78, 5) is 27.7. The smallest absolute Gasteiger partial charge is 0.352 e. The summed E-state index contributed by atoms with van der Waals surface area (Å²) in [6, 6.07) is 8.65. The molecule has 0 saturated heterocycles. The molecule has 1 N–H and O–H groups in total. The van der Waals surface area contributed by atoms with Gasteiger partial charge in [-0.1, -0.05) is 42.8 Å². The van der Waals surface area contributed by atoms with Gasteiger partial charge in [-0.3, -0.25) is 13.9 Å². The van der Waals surface area contributed by atoms with Crippen molar-refractivity contribution in [2.45, 2.75) is 58.9 Å². The van der Waals surface area contributed by atoms with Crippen LogP contribution < -0.4 is 9.62 Å². The molecule has 2 amide bonds. The van der Waals surface area contributed by atoms with E-state index in [-0.39, 0.29) is 18.3 Å². The number of carbonyl (C=O) groups is 2. The summed E-state index contributed by atoms with van der Waals surface area (Å²) in [6.07, 6.45) is -3.39. The lowest BCUT2D eigenvalue weighted by atomic mass is 10.1. The minimum atomic E-state index is -4.83. The van der Waals surface area contributed by atoms with E-state index >= 15 is 0 Å². The highest BCUT2D eigenvalue weighted by Gasteiger charge is 2.35. The predicted octanol–water partition coefficient (Wildman–Crippen LogP) is 4.77. The van der Waals surface area contributed by atoms with Gasteiger partial charge in [0.15, 0.2) is 0 Å².